The third-order valence-corrected chi connectivity index (χ3v) is 4.55. The minimum absolute atomic E-state index is 0.00778. The Labute approximate surface area is 142 Å². The highest BCUT2D eigenvalue weighted by atomic mass is 16.5. The number of hydrogen-bond donors (Lipinski definition) is 1. The Bertz CT molecular complexity index is 613. The largest absolute Gasteiger partial charge is 0.479 e. The topological polar surface area (TPSA) is 67.9 Å². The van der Waals surface area contributed by atoms with E-state index in [1.165, 1.54) is 0 Å². The second-order valence-electron chi connectivity index (χ2n) is 6.38. The molecule has 1 fully saturated rings. The number of ether oxygens (including phenoxy) is 2. The van der Waals surface area contributed by atoms with Crippen LogP contribution in [0.15, 0.2) is 24.3 Å². The van der Waals surface area contributed by atoms with Crippen LogP contribution in [0.1, 0.15) is 33.1 Å². The average Bonchev–Trinajstić information content (AvgIpc) is 3.10. The number of carbonyl (C=O) groups excluding carboxylic acids is 2. The molecule has 0 bridgehead atoms. The molecule has 3 unspecified atom stereocenters. The highest BCUT2D eigenvalue weighted by Gasteiger charge is 2.31. The summed E-state index contributed by atoms with van der Waals surface area (Å²) >= 11 is 0. The molecular formula is C18H24N2O4. The van der Waals surface area contributed by atoms with Crippen LogP contribution in [-0.2, 0) is 14.3 Å². The van der Waals surface area contributed by atoms with Gasteiger partial charge in [0.1, 0.15) is 5.75 Å². The van der Waals surface area contributed by atoms with Crippen LogP contribution in [0.5, 0.6) is 5.75 Å². The summed E-state index contributed by atoms with van der Waals surface area (Å²) in [4.78, 5) is 26.2. The van der Waals surface area contributed by atoms with Gasteiger partial charge in [0.25, 0.3) is 5.91 Å². The van der Waals surface area contributed by atoms with E-state index < -0.39 is 6.10 Å². The lowest BCUT2D eigenvalue weighted by Crippen LogP contribution is -2.47. The maximum atomic E-state index is 12.4. The molecule has 2 amide bonds. The van der Waals surface area contributed by atoms with Crippen LogP contribution in [-0.4, -0.2) is 43.2 Å². The van der Waals surface area contributed by atoms with Crippen LogP contribution in [0.25, 0.3) is 0 Å². The second kappa shape index (κ2) is 7.21. The van der Waals surface area contributed by atoms with E-state index in [-0.39, 0.29) is 30.4 Å². The fraction of sp³-hybridized carbons (Fsp3) is 0.556. The Hall–Kier alpha value is -2.08. The van der Waals surface area contributed by atoms with Crippen molar-refractivity contribution in [3.8, 4) is 5.75 Å². The molecule has 0 aromatic heterocycles. The number of para-hydroxylation sites is 2. The van der Waals surface area contributed by atoms with Crippen molar-refractivity contribution in [1.29, 1.82) is 0 Å². The van der Waals surface area contributed by atoms with Gasteiger partial charge in [-0.15, -0.1) is 0 Å². The number of rotatable bonds is 5. The molecule has 3 atom stereocenters. The third kappa shape index (κ3) is 3.53. The van der Waals surface area contributed by atoms with Gasteiger partial charge in [0.15, 0.2) is 6.10 Å². The summed E-state index contributed by atoms with van der Waals surface area (Å²) in [6, 6.07) is 7.40. The monoisotopic (exact) mass is 332 g/mol. The number of benzene rings is 1. The van der Waals surface area contributed by atoms with Crippen LogP contribution in [0.4, 0.5) is 5.69 Å². The minimum Gasteiger partial charge on any atom is -0.479 e. The van der Waals surface area contributed by atoms with Crippen molar-refractivity contribution in [3.05, 3.63) is 24.3 Å². The average molecular weight is 332 g/mol. The molecule has 1 aromatic rings. The molecule has 24 heavy (non-hydrogen) atoms. The Balaban J connectivity index is 1.59. The van der Waals surface area contributed by atoms with E-state index in [1.807, 2.05) is 31.2 Å². The first kappa shape index (κ1) is 16.8. The predicted octanol–water partition coefficient (Wildman–Crippen LogP) is 1.87. The number of carbonyl (C=O) groups is 2. The molecule has 1 saturated heterocycles. The van der Waals surface area contributed by atoms with E-state index in [0.29, 0.717) is 12.3 Å². The lowest BCUT2D eigenvalue weighted by molar-refractivity contribution is -0.125. The summed E-state index contributed by atoms with van der Waals surface area (Å²) < 4.78 is 11.2. The van der Waals surface area contributed by atoms with Crippen LogP contribution < -0.4 is 15.0 Å². The summed E-state index contributed by atoms with van der Waals surface area (Å²) in [7, 11) is 0. The van der Waals surface area contributed by atoms with E-state index in [9.17, 15) is 9.59 Å². The minimum atomic E-state index is -0.534. The summed E-state index contributed by atoms with van der Waals surface area (Å²) in [6.45, 7) is 4.80. The number of nitrogens with zero attached hydrogens (tertiary/aromatic N) is 1. The first-order chi connectivity index (χ1) is 11.6. The van der Waals surface area contributed by atoms with E-state index in [1.54, 1.807) is 11.8 Å². The Morgan fingerprint density at radius 1 is 1.42 bits per heavy atom. The molecule has 6 nitrogen and oxygen atoms in total. The Morgan fingerprint density at radius 2 is 2.21 bits per heavy atom. The maximum absolute atomic E-state index is 12.4. The standard InChI is InChI=1S/C18H24N2O4/c1-12(15-8-5-11-23-15)19-17(21)9-10-20-14-6-3-4-7-16(14)24-13(2)18(20)22/h3-4,6-7,12-13,15H,5,8-11H2,1-2H3,(H,19,21). The normalized spacial score (nSPS) is 24.2. The molecular weight excluding hydrogens is 308 g/mol. The van der Waals surface area contributed by atoms with Gasteiger partial charge in [-0.25, -0.2) is 0 Å². The zero-order chi connectivity index (χ0) is 17.1. The van der Waals surface area contributed by atoms with Crippen molar-refractivity contribution in [2.24, 2.45) is 0 Å². The van der Waals surface area contributed by atoms with Gasteiger partial charge >= 0.3 is 0 Å². The number of hydrogen-bond acceptors (Lipinski definition) is 4. The molecule has 1 N–H and O–H groups in total. The van der Waals surface area contributed by atoms with Crippen LogP contribution in [0, 0.1) is 0 Å². The molecule has 0 radical (unpaired) electrons. The first-order valence-electron chi connectivity index (χ1n) is 8.54. The van der Waals surface area contributed by atoms with Crippen molar-refractivity contribution < 1.29 is 19.1 Å². The first-order valence-corrected chi connectivity index (χ1v) is 8.54. The quantitative estimate of drug-likeness (QED) is 0.894. The SMILES string of the molecule is CC1Oc2ccccc2N(CCC(=O)NC(C)C2CCCO2)C1=O. The lowest BCUT2D eigenvalue weighted by Gasteiger charge is -2.33. The molecule has 1 aromatic carbocycles. The van der Waals surface area contributed by atoms with E-state index in [2.05, 4.69) is 5.32 Å². The molecule has 2 aliphatic heterocycles. The van der Waals surface area contributed by atoms with Gasteiger partial charge in [-0.05, 0) is 38.8 Å². The van der Waals surface area contributed by atoms with Gasteiger partial charge in [-0.2, -0.15) is 0 Å². The smallest absolute Gasteiger partial charge is 0.267 e. The number of anilines is 1. The number of nitrogens with one attached hydrogen (secondary N) is 1. The van der Waals surface area contributed by atoms with Crippen LogP contribution in [0.3, 0.4) is 0 Å². The lowest BCUT2D eigenvalue weighted by atomic mass is 10.1. The van der Waals surface area contributed by atoms with Crippen molar-refractivity contribution in [2.45, 2.75) is 51.4 Å². The number of amides is 2. The van der Waals surface area contributed by atoms with Gasteiger partial charge < -0.3 is 19.7 Å². The van der Waals surface area contributed by atoms with E-state index in [4.69, 9.17) is 9.47 Å². The van der Waals surface area contributed by atoms with Gasteiger partial charge in [0.2, 0.25) is 5.91 Å². The molecule has 130 valence electrons. The molecule has 2 heterocycles. The Kier molecular flexibility index (Phi) is 5.04. The molecule has 0 aliphatic carbocycles. The molecule has 2 aliphatic rings. The summed E-state index contributed by atoms with van der Waals surface area (Å²) in [5.41, 5.74) is 0.723. The maximum Gasteiger partial charge on any atom is 0.267 e. The second-order valence-corrected chi connectivity index (χ2v) is 6.38. The Morgan fingerprint density at radius 3 is 2.96 bits per heavy atom. The van der Waals surface area contributed by atoms with Crippen LogP contribution >= 0.6 is 0 Å². The number of fused-ring (bicyclic) bond motifs is 1. The summed E-state index contributed by atoms with van der Waals surface area (Å²) in [6.07, 6.45) is 1.84. The summed E-state index contributed by atoms with van der Waals surface area (Å²) in [5, 5.41) is 2.98. The van der Waals surface area contributed by atoms with Gasteiger partial charge in [-0.3, -0.25) is 9.59 Å². The highest BCUT2D eigenvalue weighted by molar-refractivity contribution is 6.00. The molecule has 6 heteroatoms. The molecule has 0 spiro atoms. The molecule has 3 rings (SSSR count). The van der Waals surface area contributed by atoms with E-state index in [0.717, 1.165) is 25.1 Å². The van der Waals surface area contributed by atoms with Gasteiger partial charge in [-0.1, -0.05) is 12.1 Å². The fourth-order valence-corrected chi connectivity index (χ4v) is 3.22. The zero-order valence-corrected chi connectivity index (χ0v) is 14.2. The fourth-order valence-electron chi connectivity index (χ4n) is 3.22. The zero-order valence-electron chi connectivity index (χ0n) is 14.2. The van der Waals surface area contributed by atoms with Gasteiger partial charge in [0.05, 0.1) is 17.8 Å². The van der Waals surface area contributed by atoms with Crippen molar-refractivity contribution in [3.63, 3.8) is 0 Å². The third-order valence-electron chi connectivity index (χ3n) is 4.55. The highest BCUT2D eigenvalue weighted by Crippen LogP contribution is 2.33. The van der Waals surface area contributed by atoms with Crippen molar-refractivity contribution in [2.75, 3.05) is 18.1 Å². The van der Waals surface area contributed by atoms with Crippen molar-refractivity contribution >= 4 is 17.5 Å². The molecule has 0 saturated carbocycles. The predicted molar refractivity (Wildman–Crippen MR) is 90.1 cm³/mol. The van der Waals surface area contributed by atoms with Crippen molar-refractivity contribution in [1.82, 2.24) is 5.32 Å². The van der Waals surface area contributed by atoms with E-state index >= 15 is 0 Å². The van der Waals surface area contributed by atoms with Gasteiger partial charge in [0, 0.05) is 19.6 Å². The summed E-state index contributed by atoms with van der Waals surface area (Å²) in [5.74, 6) is 0.494. The van der Waals surface area contributed by atoms with Crippen LogP contribution in [0.2, 0.25) is 0 Å².